The van der Waals surface area contributed by atoms with Gasteiger partial charge in [-0.05, 0) is 42.3 Å². The molecule has 112 valence electrons. The predicted octanol–water partition coefficient (Wildman–Crippen LogP) is 3.27. The highest BCUT2D eigenvalue weighted by molar-refractivity contribution is 5.91. The largest absolute Gasteiger partial charge is 0.496 e. The van der Waals surface area contributed by atoms with E-state index in [1.165, 1.54) is 6.42 Å². The van der Waals surface area contributed by atoms with Crippen LogP contribution < -0.4 is 10.1 Å². The Kier molecular flexibility index (Phi) is 4.13. The molecule has 3 nitrogen and oxygen atoms in total. The van der Waals surface area contributed by atoms with E-state index in [1.807, 2.05) is 30.3 Å². The molecule has 3 atom stereocenters. The van der Waals surface area contributed by atoms with Gasteiger partial charge in [-0.2, -0.15) is 0 Å². The Balaban J connectivity index is 2.00. The number of piperidine rings is 1. The standard InChI is InChI=1S/C18H23NO2/c1-12-9-10-19-16(11-12)18(20)15-7-8-17(21-2)14-6-4-3-5-13(14)15/h3-8,12,16,18-20H,9-11H2,1-2H3. The van der Waals surface area contributed by atoms with Crippen molar-refractivity contribution in [1.29, 1.82) is 0 Å². The second-order valence-corrected chi connectivity index (χ2v) is 6.04. The van der Waals surface area contributed by atoms with Crippen LogP contribution in [-0.4, -0.2) is 24.8 Å². The molecule has 0 saturated carbocycles. The molecule has 1 heterocycles. The normalized spacial score (nSPS) is 24.0. The molecular weight excluding hydrogens is 262 g/mol. The van der Waals surface area contributed by atoms with Crippen molar-refractivity contribution in [2.45, 2.75) is 31.9 Å². The third-order valence-corrected chi connectivity index (χ3v) is 4.54. The van der Waals surface area contributed by atoms with E-state index in [4.69, 9.17) is 4.74 Å². The smallest absolute Gasteiger partial charge is 0.126 e. The molecule has 0 bridgehead atoms. The number of ether oxygens (including phenoxy) is 1. The van der Waals surface area contributed by atoms with E-state index in [0.29, 0.717) is 5.92 Å². The van der Waals surface area contributed by atoms with Crippen LogP contribution in [0.4, 0.5) is 0 Å². The number of rotatable bonds is 3. The summed E-state index contributed by atoms with van der Waals surface area (Å²) in [5.41, 5.74) is 0.984. The van der Waals surface area contributed by atoms with E-state index >= 15 is 0 Å². The number of aliphatic hydroxyl groups excluding tert-OH is 1. The summed E-state index contributed by atoms with van der Waals surface area (Å²) in [5.74, 6) is 1.52. The van der Waals surface area contributed by atoms with Crippen LogP contribution in [0.2, 0.25) is 0 Å². The zero-order valence-electron chi connectivity index (χ0n) is 12.7. The Morgan fingerprint density at radius 2 is 1.95 bits per heavy atom. The first-order chi connectivity index (χ1) is 10.2. The van der Waals surface area contributed by atoms with Gasteiger partial charge in [-0.3, -0.25) is 0 Å². The number of hydrogen-bond acceptors (Lipinski definition) is 3. The fourth-order valence-corrected chi connectivity index (χ4v) is 3.34. The summed E-state index contributed by atoms with van der Waals surface area (Å²) in [4.78, 5) is 0. The number of hydrogen-bond donors (Lipinski definition) is 2. The van der Waals surface area contributed by atoms with Gasteiger partial charge in [-0.1, -0.05) is 37.3 Å². The van der Waals surface area contributed by atoms with Crippen molar-refractivity contribution in [2.75, 3.05) is 13.7 Å². The first kappa shape index (κ1) is 14.4. The number of benzene rings is 2. The molecule has 0 aliphatic carbocycles. The zero-order valence-corrected chi connectivity index (χ0v) is 12.7. The van der Waals surface area contributed by atoms with E-state index < -0.39 is 6.10 Å². The summed E-state index contributed by atoms with van der Waals surface area (Å²) < 4.78 is 5.43. The number of fused-ring (bicyclic) bond motifs is 1. The molecule has 3 unspecified atom stereocenters. The highest BCUT2D eigenvalue weighted by Crippen LogP contribution is 2.34. The minimum atomic E-state index is -0.483. The first-order valence-corrected chi connectivity index (χ1v) is 7.67. The minimum Gasteiger partial charge on any atom is -0.496 e. The average molecular weight is 285 g/mol. The lowest BCUT2D eigenvalue weighted by molar-refractivity contribution is 0.103. The minimum absolute atomic E-state index is 0.130. The predicted molar refractivity (Wildman–Crippen MR) is 85.6 cm³/mol. The SMILES string of the molecule is COc1ccc(C(O)C2CC(C)CCN2)c2ccccc12. The second-order valence-electron chi connectivity index (χ2n) is 6.04. The van der Waals surface area contributed by atoms with Crippen molar-refractivity contribution < 1.29 is 9.84 Å². The summed E-state index contributed by atoms with van der Waals surface area (Å²) in [6, 6.07) is 12.2. The van der Waals surface area contributed by atoms with Gasteiger partial charge in [0, 0.05) is 11.4 Å². The molecule has 3 rings (SSSR count). The maximum Gasteiger partial charge on any atom is 0.126 e. The Hall–Kier alpha value is -1.58. The molecule has 0 aromatic heterocycles. The molecule has 21 heavy (non-hydrogen) atoms. The van der Waals surface area contributed by atoms with Crippen molar-refractivity contribution >= 4 is 10.8 Å². The summed E-state index contributed by atoms with van der Waals surface area (Å²) in [6.45, 7) is 3.24. The van der Waals surface area contributed by atoms with Gasteiger partial charge in [0.2, 0.25) is 0 Å². The highest BCUT2D eigenvalue weighted by Gasteiger charge is 2.27. The van der Waals surface area contributed by atoms with Crippen LogP contribution in [0.25, 0.3) is 10.8 Å². The van der Waals surface area contributed by atoms with E-state index in [9.17, 15) is 5.11 Å². The van der Waals surface area contributed by atoms with E-state index in [0.717, 1.165) is 35.1 Å². The quantitative estimate of drug-likeness (QED) is 0.909. The van der Waals surface area contributed by atoms with Gasteiger partial charge in [0.15, 0.2) is 0 Å². The Morgan fingerprint density at radius 3 is 2.67 bits per heavy atom. The Morgan fingerprint density at radius 1 is 1.19 bits per heavy atom. The molecule has 2 aromatic rings. The van der Waals surface area contributed by atoms with Crippen molar-refractivity contribution in [3.63, 3.8) is 0 Å². The molecule has 1 fully saturated rings. The molecule has 3 heteroatoms. The third-order valence-electron chi connectivity index (χ3n) is 4.54. The van der Waals surface area contributed by atoms with E-state index in [2.05, 4.69) is 18.3 Å². The number of nitrogens with one attached hydrogen (secondary N) is 1. The van der Waals surface area contributed by atoms with Gasteiger partial charge >= 0.3 is 0 Å². The lowest BCUT2D eigenvalue weighted by atomic mass is 9.87. The van der Waals surface area contributed by atoms with Crippen molar-refractivity contribution in [2.24, 2.45) is 5.92 Å². The summed E-state index contributed by atoms with van der Waals surface area (Å²) in [6.07, 6.45) is 1.72. The molecule has 1 saturated heterocycles. The van der Waals surface area contributed by atoms with Crippen LogP contribution in [0.1, 0.15) is 31.4 Å². The van der Waals surface area contributed by atoms with Crippen molar-refractivity contribution in [3.05, 3.63) is 42.0 Å². The average Bonchev–Trinajstić information content (AvgIpc) is 2.53. The lowest BCUT2D eigenvalue weighted by Crippen LogP contribution is -2.41. The summed E-state index contributed by atoms with van der Waals surface area (Å²) in [7, 11) is 1.68. The lowest BCUT2D eigenvalue weighted by Gasteiger charge is -2.32. The van der Waals surface area contributed by atoms with Crippen LogP contribution in [0, 0.1) is 5.92 Å². The second kappa shape index (κ2) is 6.04. The highest BCUT2D eigenvalue weighted by atomic mass is 16.5. The van der Waals surface area contributed by atoms with Crippen LogP contribution >= 0.6 is 0 Å². The maximum atomic E-state index is 10.8. The van der Waals surface area contributed by atoms with Gasteiger partial charge in [-0.15, -0.1) is 0 Å². The van der Waals surface area contributed by atoms with Crippen LogP contribution in [-0.2, 0) is 0 Å². The van der Waals surface area contributed by atoms with Crippen LogP contribution in [0.15, 0.2) is 36.4 Å². The molecule has 0 spiro atoms. The molecule has 1 aliphatic rings. The molecule has 1 aliphatic heterocycles. The molecule has 0 amide bonds. The first-order valence-electron chi connectivity index (χ1n) is 7.67. The fourth-order valence-electron chi connectivity index (χ4n) is 3.34. The monoisotopic (exact) mass is 285 g/mol. The molecular formula is C18H23NO2. The van der Waals surface area contributed by atoms with E-state index in [-0.39, 0.29) is 6.04 Å². The number of methoxy groups -OCH3 is 1. The Bertz CT molecular complexity index is 626. The Labute approximate surface area is 125 Å². The molecule has 2 N–H and O–H groups in total. The zero-order chi connectivity index (χ0) is 14.8. The van der Waals surface area contributed by atoms with Crippen LogP contribution in [0.5, 0.6) is 5.75 Å². The van der Waals surface area contributed by atoms with E-state index in [1.54, 1.807) is 7.11 Å². The number of aliphatic hydroxyl groups is 1. The maximum absolute atomic E-state index is 10.8. The third kappa shape index (κ3) is 2.76. The van der Waals surface area contributed by atoms with Gasteiger partial charge in [0.25, 0.3) is 0 Å². The van der Waals surface area contributed by atoms with Crippen molar-refractivity contribution in [3.8, 4) is 5.75 Å². The molecule has 2 aromatic carbocycles. The van der Waals surface area contributed by atoms with Gasteiger partial charge in [0.05, 0.1) is 13.2 Å². The fraction of sp³-hybridized carbons (Fsp3) is 0.444. The van der Waals surface area contributed by atoms with Gasteiger partial charge < -0.3 is 15.2 Å². The summed E-state index contributed by atoms with van der Waals surface area (Å²) >= 11 is 0. The van der Waals surface area contributed by atoms with Crippen molar-refractivity contribution in [1.82, 2.24) is 5.32 Å². The summed E-state index contributed by atoms with van der Waals surface area (Å²) in [5, 5.41) is 16.4. The van der Waals surface area contributed by atoms with Crippen LogP contribution in [0.3, 0.4) is 0 Å². The molecule has 0 radical (unpaired) electrons. The van der Waals surface area contributed by atoms with Gasteiger partial charge in [-0.25, -0.2) is 0 Å². The van der Waals surface area contributed by atoms with Gasteiger partial charge in [0.1, 0.15) is 5.75 Å². The topological polar surface area (TPSA) is 41.5 Å².